The van der Waals surface area contributed by atoms with E-state index in [4.69, 9.17) is 4.74 Å². The minimum absolute atomic E-state index is 0.0810. The molecule has 2 aliphatic rings. The monoisotopic (exact) mass is 254 g/mol. The minimum atomic E-state index is -0.517. The Labute approximate surface area is 108 Å². The van der Waals surface area contributed by atoms with E-state index in [1.807, 2.05) is 20.8 Å². The number of piperidine rings is 2. The summed E-state index contributed by atoms with van der Waals surface area (Å²) in [5, 5.41) is 3.33. The number of fused-ring (bicyclic) bond motifs is 1. The van der Waals surface area contributed by atoms with E-state index in [1.54, 1.807) is 0 Å². The van der Waals surface area contributed by atoms with Gasteiger partial charge in [-0.25, -0.2) is 4.79 Å². The summed E-state index contributed by atoms with van der Waals surface area (Å²) < 4.78 is 5.31. The normalized spacial score (nSPS) is 28.8. The number of Topliss-reactive ketones (excluding diaryl/α,β-unsaturated/α-hetero) is 1. The predicted octanol–water partition coefficient (Wildman–Crippen LogP) is 1.17. The highest BCUT2D eigenvalue weighted by molar-refractivity contribution is 5.88. The largest absolute Gasteiger partial charge is 0.444 e. The number of ketones is 1. The molecule has 102 valence electrons. The molecule has 0 bridgehead atoms. The van der Waals surface area contributed by atoms with Crippen LogP contribution in [0.4, 0.5) is 4.79 Å². The zero-order valence-corrected chi connectivity index (χ0v) is 11.4. The number of rotatable bonds is 0. The molecule has 18 heavy (non-hydrogen) atoms. The number of carbonyl (C=O) groups is 2. The lowest BCUT2D eigenvalue weighted by molar-refractivity contribution is -0.129. The summed E-state index contributed by atoms with van der Waals surface area (Å²) in [6.45, 7) is 7.19. The Morgan fingerprint density at radius 1 is 1.44 bits per heavy atom. The fourth-order valence-electron chi connectivity index (χ4n) is 2.60. The van der Waals surface area contributed by atoms with Crippen molar-refractivity contribution in [2.75, 3.05) is 19.6 Å². The molecule has 0 saturated carbocycles. The van der Waals surface area contributed by atoms with E-state index in [0.717, 1.165) is 19.4 Å². The molecular formula is C13H22N2O3. The fraction of sp³-hybridized carbons (Fsp3) is 0.846. The summed E-state index contributed by atoms with van der Waals surface area (Å²) in [4.78, 5) is 25.5. The van der Waals surface area contributed by atoms with Gasteiger partial charge in [-0.1, -0.05) is 0 Å². The van der Waals surface area contributed by atoms with Gasteiger partial charge in [-0.2, -0.15) is 0 Å². The Kier molecular flexibility index (Phi) is 3.61. The number of nitrogens with zero attached hydrogens (tertiary/aromatic N) is 1. The Hall–Kier alpha value is -1.10. The lowest BCUT2D eigenvalue weighted by atomic mass is 9.84. The second kappa shape index (κ2) is 4.88. The SMILES string of the molecule is CC(C)(C)OC(=O)N1CC(=O)C2CCCNC2C1. The number of ether oxygens (including phenoxy) is 1. The van der Waals surface area contributed by atoms with Crippen LogP contribution in [0.25, 0.3) is 0 Å². The first kappa shape index (κ1) is 13.3. The topological polar surface area (TPSA) is 58.6 Å². The Bertz CT molecular complexity index is 349. The molecule has 2 unspecified atom stereocenters. The molecule has 0 aliphatic carbocycles. The Balaban J connectivity index is 1.99. The minimum Gasteiger partial charge on any atom is -0.444 e. The van der Waals surface area contributed by atoms with Crippen molar-refractivity contribution in [3.63, 3.8) is 0 Å². The Morgan fingerprint density at radius 2 is 2.17 bits per heavy atom. The van der Waals surface area contributed by atoms with Gasteiger partial charge >= 0.3 is 6.09 Å². The summed E-state index contributed by atoms with van der Waals surface area (Å²) in [6, 6.07) is 0.104. The summed E-state index contributed by atoms with van der Waals surface area (Å²) in [5.74, 6) is 0.238. The quantitative estimate of drug-likeness (QED) is 0.705. The maximum Gasteiger partial charge on any atom is 0.410 e. The molecule has 2 saturated heterocycles. The van der Waals surface area contributed by atoms with Crippen LogP contribution in [0, 0.1) is 5.92 Å². The van der Waals surface area contributed by atoms with Crippen LogP contribution in [0.15, 0.2) is 0 Å². The highest BCUT2D eigenvalue weighted by atomic mass is 16.6. The zero-order chi connectivity index (χ0) is 13.3. The van der Waals surface area contributed by atoms with Crippen LogP contribution < -0.4 is 5.32 Å². The van der Waals surface area contributed by atoms with Crippen molar-refractivity contribution in [2.45, 2.75) is 45.3 Å². The predicted molar refractivity (Wildman–Crippen MR) is 67.3 cm³/mol. The third-order valence-corrected chi connectivity index (χ3v) is 3.41. The molecule has 0 aromatic rings. The first-order valence-electron chi connectivity index (χ1n) is 6.61. The van der Waals surface area contributed by atoms with E-state index >= 15 is 0 Å². The van der Waals surface area contributed by atoms with Gasteiger partial charge in [0.2, 0.25) is 0 Å². The van der Waals surface area contributed by atoms with Crippen LogP contribution in [0.1, 0.15) is 33.6 Å². The lowest BCUT2D eigenvalue weighted by Crippen LogP contribution is -2.59. The first-order valence-corrected chi connectivity index (χ1v) is 6.61. The van der Waals surface area contributed by atoms with Gasteiger partial charge in [-0.05, 0) is 40.2 Å². The van der Waals surface area contributed by atoms with Crippen molar-refractivity contribution < 1.29 is 14.3 Å². The molecule has 2 heterocycles. The molecule has 0 aromatic carbocycles. The van der Waals surface area contributed by atoms with E-state index in [9.17, 15) is 9.59 Å². The molecule has 5 heteroatoms. The molecule has 1 N–H and O–H groups in total. The van der Waals surface area contributed by atoms with E-state index in [2.05, 4.69) is 5.32 Å². The van der Waals surface area contributed by atoms with E-state index in [0.29, 0.717) is 6.54 Å². The number of amides is 1. The first-order chi connectivity index (χ1) is 8.37. The number of hydrogen-bond donors (Lipinski definition) is 1. The molecule has 2 aliphatic heterocycles. The van der Waals surface area contributed by atoms with Crippen molar-refractivity contribution in [3.05, 3.63) is 0 Å². The van der Waals surface area contributed by atoms with Gasteiger partial charge in [-0.15, -0.1) is 0 Å². The molecule has 2 atom stereocenters. The third-order valence-electron chi connectivity index (χ3n) is 3.41. The van der Waals surface area contributed by atoms with Gasteiger partial charge in [0, 0.05) is 18.5 Å². The maximum absolute atomic E-state index is 12.0. The average molecular weight is 254 g/mol. The highest BCUT2D eigenvalue weighted by Gasteiger charge is 2.39. The maximum atomic E-state index is 12.0. The van der Waals surface area contributed by atoms with E-state index < -0.39 is 5.60 Å². The molecule has 2 fully saturated rings. The van der Waals surface area contributed by atoms with Gasteiger partial charge in [-0.3, -0.25) is 9.69 Å². The molecular weight excluding hydrogens is 232 g/mol. The number of carbonyl (C=O) groups excluding carboxylic acids is 2. The smallest absolute Gasteiger partial charge is 0.410 e. The second-order valence-corrected chi connectivity index (χ2v) is 6.14. The van der Waals surface area contributed by atoms with E-state index in [-0.39, 0.29) is 30.4 Å². The molecule has 0 radical (unpaired) electrons. The van der Waals surface area contributed by atoms with Crippen LogP contribution in [0.2, 0.25) is 0 Å². The van der Waals surface area contributed by atoms with Crippen LogP contribution in [-0.4, -0.2) is 48.1 Å². The van der Waals surface area contributed by atoms with Crippen LogP contribution >= 0.6 is 0 Å². The van der Waals surface area contributed by atoms with Crippen LogP contribution in [-0.2, 0) is 9.53 Å². The van der Waals surface area contributed by atoms with Gasteiger partial charge < -0.3 is 10.1 Å². The van der Waals surface area contributed by atoms with Gasteiger partial charge in [0.1, 0.15) is 5.60 Å². The zero-order valence-electron chi connectivity index (χ0n) is 11.4. The van der Waals surface area contributed by atoms with Gasteiger partial charge in [0.05, 0.1) is 6.54 Å². The fourth-order valence-corrected chi connectivity index (χ4v) is 2.60. The second-order valence-electron chi connectivity index (χ2n) is 6.14. The molecule has 1 amide bonds. The van der Waals surface area contributed by atoms with Gasteiger partial charge in [0.25, 0.3) is 0 Å². The number of likely N-dealkylation sites (tertiary alicyclic amines) is 1. The summed E-state index contributed by atoms with van der Waals surface area (Å²) in [7, 11) is 0. The van der Waals surface area contributed by atoms with Gasteiger partial charge in [0.15, 0.2) is 5.78 Å². The van der Waals surface area contributed by atoms with Crippen molar-refractivity contribution in [2.24, 2.45) is 5.92 Å². The van der Waals surface area contributed by atoms with Crippen molar-refractivity contribution >= 4 is 11.9 Å². The Morgan fingerprint density at radius 3 is 2.83 bits per heavy atom. The number of hydrogen-bond acceptors (Lipinski definition) is 4. The lowest BCUT2D eigenvalue weighted by Gasteiger charge is -2.40. The molecule has 0 spiro atoms. The van der Waals surface area contributed by atoms with Crippen LogP contribution in [0.3, 0.4) is 0 Å². The highest BCUT2D eigenvalue weighted by Crippen LogP contribution is 2.24. The average Bonchev–Trinajstić information content (AvgIpc) is 2.26. The molecule has 0 aromatic heterocycles. The third kappa shape index (κ3) is 3.02. The van der Waals surface area contributed by atoms with E-state index in [1.165, 1.54) is 4.90 Å². The molecule has 2 rings (SSSR count). The van der Waals surface area contributed by atoms with Crippen molar-refractivity contribution in [3.8, 4) is 0 Å². The summed E-state index contributed by atoms with van der Waals surface area (Å²) >= 11 is 0. The summed E-state index contributed by atoms with van der Waals surface area (Å²) in [6.07, 6.45) is 1.60. The van der Waals surface area contributed by atoms with Crippen molar-refractivity contribution in [1.29, 1.82) is 0 Å². The molecule has 5 nitrogen and oxygen atoms in total. The summed E-state index contributed by atoms with van der Waals surface area (Å²) in [5.41, 5.74) is -0.517. The standard InChI is InChI=1S/C13H22N2O3/c1-13(2,3)18-12(17)15-7-10-9(11(16)8-15)5-4-6-14-10/h9-10,14H,4-8H2,1-3H3. The van der Waals surface area contributed by atoms with Crippen LogP contribution in [0.5, 0.6) is 0 Å². The number of nitrogens with one attached hydrogen (secondary N) is 1. The van der Waals surface area contributed by atoms with Crippen molar-refractivity contribution in [1.82, 2.24) is 10.2 Å².